The average Bonchev–Trinajstić information content (AvgIpc) is 2.58. The van der Waals surface area contributed by atoms with E-state index in [1.54, 1.807) is 0 Å². The van der Waals surface area contributed by atoms with Crippen LogP contribution in [-0.2, 0) is 14.3 Å². The van der Waals surface area contributed by atoms with Gasteiger partial charge in [0, 0.05) is 6.42 Å². The highest BCUT2D eigenvalue weighted by molar-refractivity contribution is 5.85. The first-order valence-corrected chi connectivity index (χ1v) is 4.20. The van der Waals surface area contributed by atoms with Crippen molar-refractivity contribution in [1.29, 1.82) is 0 Å². The third kappa shape index (κ3) is 2.97. The molecule has 0 spiro atoms. The molecule has 0 aliphatic carbocycles. The Morgan fingerprint density at radius 3 is 2.40 bits per heavy atom. The van der Waals surface area contributed by atoms with E-state index in [9.17, 15) is 14.7 Å². The fourth-order valence-corrected chi connectivity index (χ4v) is 1.49. The minimum absolute atomic E-state index is 0. The molecular weight excluding hydrogens is 226 g/mol. The number of aliphatic hydroxyl groups is 1. The predicted octanol–water partition coefficient (Wildman–Crippen LogP) is -0.217. The molecule has 0 aromatic heterocycles. The zero-order valence-electron chi connectivity index (χ0n) is 8.50. The third-order valence-corrected chi connectivity index (χ3v) is 2.16. The van der Waals surface area contributed by atoms with E-state index in [0.717, 1.165) is 4.90 Å². The van der Waals surface area contributed by atoms with Crippen molar-refractivity contribution in [2.24, 2.45) is 0 Å². The van der Waals surface area contributed by atoms with Gasteiger partial charge < -0.3 is 14.6 Å². The van der Waals surface area contributed by atoms with Gasteiger partial charge in [0.05, 0.1) is 26.9 Å². The topological polar surface area (TPSA) is 76.1 Å². The number of likely N-dealkylation sites (tertiary alicyclic amines) is 1. The highest BCUT2D eigenvalue weighted by atomic mass is 35.5. The number of β-amino-alcohol motifs (C(OH)–C–C–N with tert-alkyl or cyclic N) is 1. The third-order valence-electron chi connectivity index (χ3n) is 2.16. The van der Waals surface area contributed by atoms with Gasteiger partial charge in [-0.25, -0.2) is 9.59 Å². The van der Waals surface area contributed by atoms with Crippen LogP contribution >= 0.6 is 12.4 Å². The molecule has 0 aromatic carbocycles. The van der Waals surface area contributed by atoms with Crippen LogP contribution in [0.3, 0.4) is 0 Å². The lowest BCUT2D eigenvalue weighted by atomic mass is 10.2. The Morgan fingerprint density at radius 1 is 1.33 bits per heavy atom. The van der Waals surface area contributed by atoms with Crippen LogP contribution in [0.15, 0.2) is 0 Å². The molecule has 1 rings (SSSR count). The lowest BCUT2D eigenvalue weighted by molar-refractivity contribution is -0.145. The lowest BCUT2D eigenvalue weighted by Gasteiger charge is -2.20. The number of hydrogen-bond acceptors (Lipinski definition) is 5. The molecule has 2 unspecified atom stereocenters. The summed E-state index contributed by atoms with van der Waals surface area (Å²) < 4.78 is 8.98. The molecule has 0 bridgehead atoms. The van der Waals surface area contributed by atoms with Gasteiger partial charge in [0.1, 0.15) is 6.04 Å². The number of carbonyl (C=O) groups excluding carboxylic acids is 2. The molecular formula is C8H14ClNO5. The minimum Gasteiger partial charge on any atom is -0.467 e. The van der Waals surface area contributed by atoms with E-state index in [0.29, 0.717) is 0 Å². The highest BCUT2D eigenvalue weighted by Crippen LogP contribution is 2.19. The van der Waals surface area contributed by atoms with Crippen molar-refractivity contribution < 1.29 is 24.2 Å². The second-order valence-corrected chi connectivity index (χ2v) is 3.05. The summed E-state index contributed by atoms with van der Waals surface area (Å²) in [5.74, 6) is -0.535. The molecule has 0 saturated carbocycles. The number of methoxy groups -OCH3 is 2. The number of amides is 1. The fraction of sp³-hybridized carbons (Fsp3) is 0.750. The molecule has 0 radical (unpaired) electrons. The Kier molecular flexibility index (Phi) is 5.38. The minimum atomic E-state index is -0.734. The molecule has 88 valence electrons. The summed E-state index contributed by atoms with van der Waals surface area (Å²) in [4.78, 5) is 23.5. The van der Waals surface area contributed by atoms with Crippen molar-refractivity contribution in [3.8, 4) is 0 Å². The molecule has 0 aromatic rings. The van der Waals surface area contributed by atoms with Crippen LogP contribution in [0.5, 0.6) is 0 Å². The molecule has 2 atom stereocenters. The zero-order chi connectivity index (χ0) is 10.7. The van der Waals surface area contributed by atoms with Crippen LogP contribution in [0.2, 0.25) is 0 Å². The van der Waals surface area contributed by atoms with E-state index in [2.05, 4.69) is 9.47 Å². The maximum atomic E-state index is 11.2. The van der Waals surface area contributed by atoms with Crippen LogP contribution in [0, 0.1) is 0 Å². The van der Waals surface area contributed by atoms with E-state index in [1.165, 1.54) is 14.2 Å². The number of esters is 1. The Labute approximate surface area is 93.5 Å². The number of nitrogens with zero attached hydrogens (tertiary/aromatic N) is 1. The molecule has 15 heavy (non-hydrogen) atoms. The maximum Gasteiger partial charge on any atom is 0.410 e. The second-order valence-electron chi connectivity index (χ2n) is 3.05. The SMILES string of the molecule is COC(=O)C1CC(O)CN1C(=O)OC.Cl. The number of halogens is 1. The lowest BCUT2D eigenvalue weighted by Crippen LogP contribution is -2.41. The van der Waals surface area contributed by atoms with Gasteiger partial charge >= 0.3 is 12.1 Å². The maximum absolute atomic E-state index is 11.2. The van der Waals surface area contributed by atoms with Crippen molar-refractivity contribution in [3.05, 3.63) is 0 Å². The van der Waals surface area contributed by atoms with Crippen LogP contribution in [-0.4, -0.2) is 55.0 Å². The predicted molar refractivity (Wildman–Crippen MR) is 52.8 cm³/mol. The Morgan fingerprint density at radius 2 is 1.93 bits per heavy atom. The summed E-state index contributed by atoms with van der Waals surface area (Å²) in [5, 5.41) is 9.30. The van der Waals surface area contributed by atoms with Crippen molar-refractivity contribution in [3.63, 3.8) is 0 Å². The normalized spacial score (nSPS) is 24.3. The van der Waals surface area contributed by atoms with Crippen molar-refractivity contribution in [2.45, 2.75) is 18.6 Å². The van der Waals surface area contributed by atoms with Crippen molar-refractivity contribution >= 4 is 24.5 Å². The molecule has 1 amide bonds. The van der Waals surface area contributed by atoms with Crippen LogP contribution < -0.4 is 0 Å². The van der Waals surface area contributed by atoms with Crippen molar-refractivity contribution in [1.82, 2.24) is 4.90 Å². The van der Waals surface area contributed by atoms with Gasteiger partial charge in [-0.05, 0) is 0 Å². The summed E-state index contributed by atoms with van der Waals surface area (Å²) in [6, 6.07) is -0.734. The number of hydrogen-bond donors (Lipinski definition) is 1. The standard InChI is InChI=1S/C8H13NO5.ClH/c1-13-7(11)6-3-5(10)4-9(6)8(12)14-2;/h5-6,10H,3-4H2,1-2H3;1H. The number of aliphatic hydroxyl groups excluding tert-OH is 1. The summed E-state index contributed by atoms with van der Waals surface area (Å²) >= 11 is 0. The average molecular weight is 240 g/mol. The van der Waals surface area contributed by atoms with E-state index in [1.807, 2.05) is 0 Å². The molecule has 1 heterocycles. The van der Waals surface area contributed by atoms with Gasteiger partial charge in [0.2, 0.25) is 0 Å². The van der Waals surface area contributed by atoms with Gasteiger partial charge in [-0.1, -0.05) is 0 Å². The molecule has 6 nitrogen and oxygen atoms in total. The molecule has 1 aliphatic heterocycles. The Balaban J connectivity index is 0.00000196. The van der Waals surface area contributed by atoms with E-state index < -0.39 is 24.2 Å². The van der Waals surface area contributed by atoms with Crippen molar-refractivity contribution in [2.75, 3.05) is 20.8 Å². The van der Waals surface area contributed by atoms with Crippen LogP contribution in [0.25, 0.3) is 0 Å². The molecule has 1 N–H and O–H groups in total. The molecule has 1 aliphatic rings. The van der Waals surface area contributed by atoms with Gasteiger partial charge in [0.25, 0.3) is 0 Å². The monoisotopic (exact) mass is 239 g/mol. The summed E-state index contributed by atoms with van der Waals surface area (Å²) in [7, 11) is 2.46. The highest BCUT2D eigenvalue weighted by Gasteiger charge is 2.40. The molecule has 1 saturated heterocycles. The first-order valence-electron chi connectivity index (χ1n) is 4.20. The van der Waals surface area contributed by atoms with E-state index >= 15 is 0 Å². The Hall–Kier alpha value is -1.01. The van der Waals surface area contributed by atoms with Gasteiger partial charge in [-0.2, -0.15) is 0 Å². The van der Waals surface area contributed by atoms with Gasteiger partial charge in [-0.3, -0.25) is 4.90 Å². The van der Waals surface area contributed by atoms with E-state index in [4.69, 9.17) is 0 Å². The van der Waals surface area contributed by atoms with Crippen LogP contribution in [0.1, 0.15) is 6.42 Å². The Bertz CT molecular complexity index is 223. The van der Waals surface area contributed by atoms with Crippen LogP contribution in [0.4, 0.5) is 4.79 Å². The largest absolute Gasteiger partial charge is 0.467 e. The smallest absolute Gasteiger partial charge is 0.410 e. The number of rotatable bonds is 1. The number of ether oxygens (including phenoxy) is 2. The van der Waals surface area contributed by atoms with Gasteiger partial charge in [0.15, 0.2) is 0 Å². The first kappa shape index (κ1) is 14.0. The zero-order valence-corrected chi connectivity index (χ0v) is 9.32. The molecule has 7 heteroatoms. The first-order chi connectivity index (χ1) is 6.60. The summed E-state index contributed by atoms with van der Waals surface area (Å²) in [6.45, 7) is 0.104. The van der Waals surface area contributed by atoms with E-state index in [-0.39, 0.29) is 25.4 Å². The summed E-state index contributed by atoms with van der Waals surface area (Å²) in [6.07, 6.45) is -1.13. The molecule has 1 fully saturated rings. The van der Waals surface area contributed by atoms with Gasteiger partial charge in [-0.15, -0.1) is 12.4 Å². The number of carbonyl (C=O) groups is 2. The second kappa shape index (κ2) is 5.77. The fourth-order valence-electron chi connectivity index (χ4n) is 1.49. The quantitative estimate of drug-likeness (QED) is 0.641. The summed E-state index contributed by atoms with van der Waals surface area (Å²) in [5.41, 5.74) is 0.